The van der Waals surface area contributed by atoms with Crippen LogP contribution < -0.4 is 0 Å². The van der Waals surface area contributed by atoms with Gasteiger partial charge in [0.2, 0.25) is 0 Å². The van der Waals surface area contributed by atoms with Crippen LogP contribution >= 0.6 is 0 Å². The molecule has 0 saturated heterocycles. The molecule has 0 radical (unpaired) electrons. The Balaban J connectivity index is 2.45. The van der Waals surface area contributed by atoms with Crippen LogP contribution in [0.4, 0.5) is 0 Å². The molecule has 1 aliphatic rings. The van der Waals surface area contributed by atoms with Gasteiger partial charge in [-0.3, -0.25) is 0 Å². The topological polar surface area (TPSA) is 0 Å². The van der Waals surface area contributed by atoms with Crippen molar-refractivity contribution >= 4 is 0 Å². The lowest BCUT2D eigenvalue weighted by Gasteiger charge is -2.22. The summed E-state index contributed by atoms with van der Waals surface area (Å²) in [6.07, 6.45) is 7.56. The van der Waals surface area contributed by atoms with Crippen molar-refractivity contribution in [1.82, 2.24) is 0 Å². The SMILES string of the molecule is CC(C)[C@H]1C=C[C@H](C)CC1. The fourth-order valence-corrected chi connectivity index (χ4v) is 1.54. The molecule has 0 fully saturated rings. The van der Waals surface area contributed by atoms with E-state index in [-0.39, 0.29) is 0 Å². The van der Waals surface area contributed by atoms with Crippen molar-refractivity contribution in [2.75, 3.05) is 0 Å². The molecule has 0 bridgehead atoms. The average Bonchev–Trinajstić information content (AvgIpc) is 1.88. The van der Waals surface area contributed by atoms with Crippen LogP contribution in [0, 0.1) is 17.8 Å². The summed E-state index contributed by atoms with van der Waals surface area (Å²) in [7, 11) is 0. The molecular formula is C10H18. The van der Waals surface area contributed by atoms with Crippen molar-refractivity contribution in [3.8, 4) is 0 Å². The van der Waals surface area contributed by atoms with Gasteiger partial charge in [-0.2, -0.15) is 0 Å². The van der Waals surface area contributed by atoms with Gasteiger partial charge in [-0.15, -0.1) is 0 Å². The summed E-state index contributed by atoms with van der Waals surface area (Å²) in [6, 6.07) is 0. The van der Waals surface area contributed by atoms with E-state index in [1.807, 2.05) is 0 Å². The molecule has 0 N–H and O–H groups in total. The Morgan fingerprint density at radius 1 is 1.20 bits per heavy atom. The minimum Gasteiger partial charge on any atom is -0.0854 e. The Kier molecular flexibility index (Phi) is 2.53. The van der Waals surface area contributed by atoms with Crippen molar-refractivity contribution in [2.24, 2.45) is 17.8 Å². The summed E-state index contributed by atoms with van der Waals surface area (Å²) in [5, 5.41) is 0. The zero-order valence-corrected chi connectivity index (χ0v) is 7.30. The zero-order valence-electron chi connectivity index (χ0n) is 7.30. The highest BCUT2D eigenvalue weighted by atomic mass is 14.2. The van der Waals surface area contributed by atoms with E-state index in [0.29, 0.717) is 0 Å². The fraction of sp³-hybridized carbons (Fsp3) is 0.800. The lowest BCUT2D eigenvalue weighted by Crippen LogP contribution is -2.11. The van der Waals surface area contributed by atoms with Gasteiger partial charge in [0.05, 0.1) is 0 Å². The van der Waals surface area contributed by atoms with E-state index in [4.69, 9.17) is 0 Å². The van der Waals surface area contributed by atoms with E-state index >= 15 is 0 Å². The highest BCUT2D eigenvalue weighted by Crippen LogP contribution is 2.26. The fourth-order valence-electron chi connectivity index (χ4n) is 1.54. The van der Waals surface area contributed by atoms with Gasteiger partial charge in [-0.25, -0.2) is 0 Å². The van der Waals surface area contributed by atoms with Gasteiger partial charge in [-0.05, 0) is 30.6 Å². The highest BCUT2D eigenvalue weighted by Gasteiger charge is 2.14. The maximum Gasteiger partial charge on any atom is -0.0210 e. The molecule has 0 heteroatoms. The van der Waals surface area contributed by atoms with Gasteiger partial charge in [-0.1, -0.05) is 32.9 Å². The number of allylic oxidation sites excluding steroid dienone is 2. The minimum atomic E-state index is 0.829. The first-order chi connectivity index (χ1) is 4.70. The summed E-state index contributed by atoms with van der Waals surface area (Å²) in [5.74, 6) is 2.52. The van der Waals surface area contributed by atoms with Crippen LogP contribution in [-0.4, -0.2) is 0 Å². The molecule has 0 aromatic heterocycles. The lowest BCUT2D eigenvalue weighted by atomic mass is 9.83. The van der Waals surface area contributed by atoms with E-state index in [2.05, 4.69) is 32.9 Å². The number of hydrogen-bond donors (Lipinski definition) is 0. The van der Waals surface area contributed by atoms with Crippen LogP contribution in [0.2, 0.25) is 0 Å². The second-order valence-corrected chi connectivity index (χ2v) is 3.85. The van der Waals surface area contributed by atoms with Crippen LogP contribution in [0.1, 0.15) is 33.6 Å². The molecule has 0 unspecified atom stereocenters. The molecule has 0 aromatic rings. The summed E-state index contributed by atoms with van der Waals surface area (Å²) in [4.78, 5) is 0. The molecule has 1 rings (SSSR count). The van der Waals surface area contributed by atoms with E-state index in [1.54, 1.807) is 0 Å². The first-order valence-corrected chi connectivity index (χ1v) is 4.38. The maximum atomic E-state index is 2.40. The number of rotatable bonds is 1. The molecule has 0 amide bonds. The molecule has 10 heavy (non-hydrogen) atoms. The Hall–Kier alpha value is -0.260. The third-order valence-corrected chi connectivity index (χ3v) is 2.50. The van der Waals surface area contributed by atoms with E-state index in [0.717, 1.165) is 17.8 Å². The molecule has 0 nitrogen and oxygen atoms in total. The van der Waals surface area contributed by atoms with Gasteiger partial charge in [0.25, 0.3) is 0 Å². The third-order valence-electron chi connectivity index (χ3n) is 2.50. The molecule has 0 spiro atoms. The molecular weight excluding hydrogens is 120 g/mol. The first kappa shape index (κ1) is 7.84. The van der Waals surface area contributed by atoms with Gasteiger partial charge < -0.3 is 0 Å². The summed E-state index contributed by atoms with van der Waals surface area (Å²) < 4.78 is 0. The van der Waals surface area contributed by atoms with Gasteiger partial charge in [0, 0.05) is 0 Å². The van der Waals surface area contributed by atoms with E-state index < -0.39 is 0 Å². The maximum absolute atomic E-state index is 2.40. The predicted molar refractivity (Wildman–Crippen MR) is 45.9 cm³/mol. The normalized spacial score (nSPS) is 33.2. The first-order valence-electron chi connectivity index (χ1n) is 4.38. The molecule has 0 saturated carbocycles. The van der Waals surface area contributed by atoms with Crippen LogP contribution in [-0.2, 0) is 0 Å². The quantitative estimate of drug-likeness (QED) is 0.488. The number of hydrogen-bond acceptors (Lipinski definition) is 0. The standard InChI is InChI=1S/C10H18/c1-8(2)10-6-4-9(3)5-7-10/h4,6,8-10H,5,7H2,1-3H3/t9-,10-/m0/s1. The van der Waals surface area contributed by atoms with Crippen molar-refractivity contribution in [2.45, 2.75) is 33.6 Å². The Labute approximate surface area is 64.3 Å². The second-order valence-electron chi connectivity index (χ2n) is 3.85. The van der Waals surface area contributed by atoms with Gasteiger partial charge >= 0.3 is 0 Å². The third kappa shape index (κ3) is 1.86. The van der Waals surface area contributed by atoms with Crippen molar-refractivity contribution in [3.05, 3.63) is 12.2 Å². The van der Waals surface area contributed by atoms with Crippen molar-refractivity contribution < 1.29 is 0 Å². The van der Waals surface area contributed by atoms with Gasteiger partial charge in [0.15, 0.2) is 0 Å². The summed E-state index contributed by atoms with van der Waals surface area (Å²) >= 11 is 0. The van der Waals surface area contributed by atoms with E-state index in [9.17, 15) is 0 Å². The Morgan fingerprint density at radius 2 is 1.90 bits per heavy atom. The van der Waals surface area contributed by atoms with Crippen molar-refractivity contribution in [3.63, 3.8) is 0 Å². The zero-order chi connectivity index (χ0) is 7.56. The molecule has 0 aromatic carbocycles. The van der Waals surface area contributed by atoms with Gasteiger partial charge in [0.1, 0.15) is 0 Å². The molecule has 58 valence electrons. The van der Waals surface area contributed by atoms with E-state index in [1.165, 1.54) is 12.8 Å². The molecule has 1 aliphatic carbocycles. The highest BCUT2D eigenvalue weighted by molar-refractivity contribution is 4.97. The second kappa shape index (κ2) is 3.23. The summed E-state index contributed by atoms with van der Waals surface area (Å²) in [6.45, 7) is 6.92. The van der Waals surface area contributed by atoms with Crippen LogP contribution in [0.3, 0.4) is 0 Å². The molecule has 0 aliphatic heterocycles. The van der Waals surface area contributed by atoms with Crippen LogP contribution in [0.15, 0.2) is 12.2 Å². The largest absolute Gasteiger partial charge is 0.0854 e. The molecule has 0 heterocycles. The van der Waals surface area contributed by atoms with Crippen LogP contribution in [0.25, 0.3) is 0 Å². The average molecular weight is 138 g/mol. The minimum absolute atomic E-state index is 0.829. The lowest BCUT2D eigenvalue weighted by molar-refractivity contribution is 0.383. The van der Waals surface area contributed by atoms with Crippen molar-refractivity contribution in [1.29, 1.82) is 0 Å². The molecule has 2 atom stereocenters. The Morgan fingerprint density at radius 3 is 2.30 bits per heavy atom. The smallest absolute Gasteiger partial charge is 0.0210 e. The summed E-state index contributed by atoms with van der Waals surface area (Å²) in [5.41, 5.74) is 0. The monoisotopic (exact) mass is 138 g/mol. The predicted octanol–water partition coefficient (Wildman–Crippen LogP) is 3.24. The Bertz CT molecular complexity index is 122. The van der Waals surface area contributed by atoms with Crippen LogP contribution in [0.5, 0.6) is 0 Å².